The summed E-state index contributed by atoms with van der Waals surface area (Å²) in [5.41, 5.74) is 0.536. The van der Waals surface area contributed by atoms with E-state index in [4.69, 9.17) is 14.7 Å². The van der Waals surface area contributed by atoms with E-state index in [0.717, 1.165) is 12.8 Å². The molecule has 124 valence electrons. The fourth-order valence-corrected chi connectivity index (χ4v) is 2.60. The number of nitriles is 1. The molecule has 1 aliphatic heterocycles. The lowest BCUT2D eigenvalue weighted by Crippen LogP contribution is -2.48. The second kappa shape index (κ2) is 8.51. The number of hydrogen-bond acceptors (Lipinski definition) is 5. The number of carbonyl (C=O) groups is 1. The molecule has 1 aliphatic rings. The van der Waals surface area contributed by atoms with Crippen LogP contribution < -0.4 is 10.1 Å². The number of nitrogens with one attached hydrogen (secondary N) is 1. The van der Waals surface area contributed by atoms with Crippen LogP contribution >= 0.6 is 0 Å². The van der Waals surface area contributed by atoms with E-state index < -0.39 is 6.10 Å². The van der Waals surface area contributed by atoms with Crippen molar-refractivity contribution in [1.29, 1.82) is 5.26 Å². The van der Waals surface area contributed by atoms with Gasteiger partial charge in [-0.1, -0.05) is 0 Å². The zero-order valence-electron chi connectivity index (χ0n) is 13.2. The molecule has 1 fully saturated rings. The van der Waals surface area contributed by atoms with Crippen molar-refractivity contribution in [1.82, 2.24) is 5.32 Å². The number of aliphatic hydroxyl groups excluding tert-OH is 1. The van der Waals surface area contributed by atoms with Crippen molar-refractivity contribution in [3.63, 3.8) is 0 Å². The summed E-state index contributed by atoms with van der Waals surface area (Å²) in [7, 11) is 0. The largest absolute Gasteiger partial charge is 0.481 e. The van der Waals surface area contributed by atoms with Crippen LogP contribution in [0.5, 0.6) is 5.75 Å². The van der Waals surface area contributed by atoms with Crippen molar-refractivity contribution in [2.45, 2.75) is 31.9 Å². The fraction of sp³-hybridized carbons (Fsp3) is 0.529. The molecule has 1 heterocycles. The molecular weight excluding hydrogens is 296 g/mol. The van der Waals surface area contributed by atoms with Crippen molar-refractivity contribution in [2.75, 3.05) is 19.8 Å². The number of aliphatic hydroxyl groups is 1. The summed E-state index contributed by atoms with van der Waals surface area (Å²) in [6.45, 7) is 2.88. The van der Waals surface area contributed by atoms with E-state index in [1.807, 2.05) is 6.07 Å². The summed E-state index contributed by atoms with van der Waals surface area (Å²) >= 11 is 0. The summed E-state index contributed by atoms with van der Waals surface area (Å²) < 4.78 is 10.9. The van der Waals surface area contributed by atoms with E-state index in [0.29, 0.717) is 24.5 Å². The first-order valence-electron chi connectivity index (χ1n) is 7.80. The molecule has 0 spiro atoms. The molecule has 0 aromatic heterocycles. The number of amides is 1. The quantitative estimate of drug-likeness (QED) is 0.823. The third kappa shape index (κ3) is 4.95. The third-order valence-electron chi connectivity index (χ3n) is 4.02. The summed E-state index contributed by atoms with van der Waals surface area (Å²) in [4.78, 5) is 12.3. The van der Waals surface area contributed by atoms with Gasteiger partial charge < -0.3 is 19.9 Å². The molecule has 0 unspecified atom stereocenters. The molecule has 2 N–H and O–H groups in total. The van der Waals surface area contributed by atoms with Gasteiger partial charge in [0, 0.05) is 13.2 Å². The average Bonchev–Trinajstić information content (AvgIpc) is 2.60. The zero-order chi connectivity index (χ0) is 16.7. The minimum Gasteiger partial charge on any atom is -0.481 e. The number of benzene rings is 1. The highest BCUT2D eigenvalue weighted by Crippen LogP contribution is 2.19. The van der Waals surface area contributed by atoms with Gasteiger partial charge in [-0.2, -0.15) is 5.26 Å². The maximum absolute atomic E-state index is 12.3. The average molecular weight is 318 g/mol. The summed E-state index contributed by atoms with van der Waals surface area (Å²) in [6.07, 6.45) is 0.976. The molecule has 0 radical (unpaired) electrons. The molecule has 0 bridgehead atoms. The second-order valence-corrected chi connectivity index (χ2v) is 5.64. The van der Waals surface area contributed by atoms with Gasteiger partial charge in [-0.3, -0.25) is 4.79 Å². The van der Waals surface area contributed by atoms with Crippen molar-refractivity contribution < 1.29 is 19.4 Å². The predicted octanol–water partition coefficient (Wildman–Crippen LogP) is 1.23. The first-order chi connectivity index (χ1) is 11.1. The van der Waals surface area contributed by atoms with E-state index in [-0.39, 0.29) is 24.5 Å². The van der Waals surface area contributed by atoms with Crippen molar-refractivity contribution in [2.24, 2.45) is 5.92 Å². The van der Waals surface area contributed by atoms with E-state index in [1.165, 1.54) is 0 Å². The summed E-state index contributed by atoms with van der Waals surface area (Å²) in [6, 6.07) is 8.34. The Bertz CT molecular complexity index is 547. The monoisotopic (exact) mass is 318 g/mol. The van der Waals surface area contributed by atoms with Gasteiger partial charge in [-0.05, 0) is 49.9 Å². The maximum Gasteiger partial charge on any atom is 0.261 e. The van der Waals surface area contributed by atoms with E-state index in [2.05, 4.69) is 5.32 Å². The molecule has 1 aromatic rings. The van der Waals surface area contributed by atoms with Crippen LogP contribution in [0.15, 0.2) is 24.3 Å². The maximum atomic E-state index is 12.3. The Morgan fingerprint density at radius 3 is 2.65 bits per heavy atom. The van der Waals surface area contributed by atoms with Gasteiger partial charge in [0.2, 0.25) is 0 Å². The van der Waals surface area contributed by atoms with Crippen LogP contribution in [0.3, 0.4) is 0 Å². The molecule has 6 nitrogen and oxygen atoms in total. The van der Waals surface area contributed by atoms with Crippen LogP contribution in [0.1, 0.15) is 25.3 Å². The molecule has 1 amide bonds. The Balaban J connectivity index is 1.88. The second-order valence-electron chi connectivity index (χ2n) is 5.64. The Morgan fingerprint density at radius 2 is 2.09 bits per heavy atom. The van der Waals surface area contributed by atoms with Gasteiger partial charge in [0.05, 0.1) is 24.3 Å². The smallest absolute Gasteiger partial charge is 0.261 e. The molecule has 1 saturated heterocycles. The van der Waals surface area contributed by atoms with Gasteiger partial charge in [0.1, 0.15) is 5.75 Å². The van der Waals surface area contributed by atoms with Crippen LogP contribution in [0.2, 0.25) is 0 Å². The lowest BCUT2D eigenvalue weighted by molar-refractivity contribution is -0.129. The number of nitrogens with zero attached hydrogens (tertiary/aromatic N) is 1. The standard InChI is InChI=1S/C17H22N2O4/c1-12(23-15-4-2-13(10-18)3-5-15)17(21)19-16(11-20)14-6-8-22-9-7-14/h2-5,12,14,16,20H,6-9,11H2,1H3,(H,19,21)/t12-,16+/m0/s1. The Kier molecular flexibility index (Phi) is 6.39. The van der Waals surface area contributed by atoms with Crippen molar-refractivity contribution >= 4 is 5.91 Å². The van der Waals surface area contributed by atoms with Gasteiger partial charge in [0.25, 0.3) is 5.91 Å². The van der Waals surface area contributed by atoms with Crippen LogP contribution in [0.25, 0.3) is 0 Å². The van der Waals surface area contributed by atoms with Crippen LogP contribution in [-0.2, 0) is 9.53 Å². The Labute approximate surface area is 136 Å². The van der Waals surface area contributed by atoms with Crippen molar-refractivity contribution in [3.8, 4) is 11.8 Å². The molecule has 2 atom stereocenters. The van der Waals surface area contributed by atoms with Crippen LogP contribution in [-0.4, -0.2) is 43.0 Å². The van der Waals surface area contributed by atoms with Crippen molar-refractivity contribution in [3.05, 3.63) is 29.8 Å². The number of rotatable bonds is 6. The fourth-order valence-electron chi connectivity index (χ4n) is 2.60. The molecule has 2 rings (SSSR count). The minimum absolute atomic E-state index is 0.0972. The highest BCUT2D eigenvalue weighted by Gasteiger charge is 2.27. The lowest BCUT2D eigenvalue weighted by Gasteiger charge is -2.30. The van der Waals surface area contributed by atoms with Crippen LogP contribution in [0, 0.1) is 17.2 Å². The first kappa shape index (κ1) is 17.3. The van der Waals surface area contributed by atoms with E-state index in [1.54, 1.807) is 31.2 Å². The molecule has 0 aliphatic carbocycles. The van der Waals surface area contributed by atoms with E-state index >= 15 is 0 Å². The number of ether oxygens (including phenoxy) is 2. The van der Waals surface area contributed by atoms with Gasteiger partial charge in [-0.15, -0.1) is 0 Å². The number of carbonyl (C=O) groups excluding carboxylic acids is 1. The highest BCUT2D eigenvalue weighted by molar-refractivity contribution is 5.81. The topological polar surface area (TPSA) is 91.6 Å². The highest BCUT2D eigenvalue weighted by atomic mass is 16.5. The summed E-state index contributed by atoms with van der Waals surface area (Å²) in [5, 5.41) is 21.1. The first-order valence-corrected chi connectivity index (χ1v) is 7.80. The van der Waals surface area contributed by atoms with Gasteiger partial charge in [-0.25, -0.2) is 0 Å². The Hall–Kier alpha value is -2.10. The zero-order valence-corrected chi connectivity index (χ0v) is 13.2. The van der Waals surface area contributed by atoms with Gasteiger partial charge in [0.15, 0.2) is 6.10 Å². The SMILES string of the molecule is C[C@H](Oc1ccc(C#N)cc1)C(=O)N[C@H](CO)C1CCOCC1. The molecule has 1 aromatic carbocycles. The Morgan fingerprint density at radius 1 is 1.43 bits per heavy atom. The van der Waals surface area contributed by atoms with E-state index in [9.17, 15) is 9.90 Å². The van der Waals surface area contributed by atoms with Crippen LogP contribution in [0.4, 0.5) is 0 Å². The molecular formula is C17H22N2O4. The summed E-state index contributed by atoms with van der Waals surface area (Å²) in [5.74, 6) is 0.484. The lowest BCUT2D eigenvalue weighted by atomic mass is 9.92. The van der Waals surface area contributed by atoms with Gasteiger partial charge >= 0.3 is 0 Å². The predicted molar refractivity (Wildman–Crippen MR) is 83.8 cm³/mol. The molecule has 23 heavy (non-hydrogen) atoms. The number of hydrogen-bond donors (Lipinski definition) is 2. The minimum atomic E-state index is -0.683. The molecule has 0 saturated carbocycles. The normalized spacial score (nSPS) is 17.8. The molecule has 6 heteroatoms. The third-order valence-corrected chi connectivity index (χ3v) is 4.02.